The maximum atomic E-state index is 5.54. The Balaban J connectivity index is 2.94. The lowest BCUT2D eigenvalue weighted by atomic mass is 10.3. The molecule has 1 heterocycles. The van der Waals surface area contributed by atoms with Crippen molar-refractivity contribution in [3.8, 4) is 0 Å². The van der Waals surface area contributed by atoms with Gasteiger partial charge in [0, 0.05) is 7.05 Å². The molecule has 1 rings (SSSR count). The molecule has 0 fully saturated rings. The molecule has 0 spiro atoms. The fraction of sp³-hybridized carbons (Fsp3) is 0.600. The number of aromatic nitrogens is 3. The van der Waals surface area contributed by atoms with Crippen molar-refractivity contribution in [2.24, 2.45) is 12.8 Å². The molecule has 0 amide bonds. The Morgan fingerprint density at radius 2 is 2.44 bits per heavy atom. The second kappa shape index (κ2) is 2.14. The van der Waals surface area contributed by atoms with Crippen LogP contribution in [0, 0.1) is 0 Å². The number of rotatable bonds is 1. The molecule has 0 saturated carbocycles. The summed E-state index contributed by atoms with van der Waals surface area (Å²) in [5.74, 6) is 0.815. The van der Waals surface area contributed by atoms with Crippen LogP contribution in [0.2, 0.25) is 0 Å². The first-order chi connectivity index (χ1) is 4.22. The molecule has 0 aromatic carbocycles. The lowest BCUT2D eigenvalue weighted by molar-refractivity contribution is 0.639. The molecule has 0 unspecified atom stereocenters. The smallest absolute Gasteiger partial charge is 0.143 e. The van der Waals surface area contributed by atoms with Gasteiger partial charge in [-0.15, -0.1) is 0 Å². The van der Waals surface area contributed by atoms with Gasteiger partial charge < -0.3 is 5.73 Å². The van der Waals surface area contributed by atoms with Crippen molar-refractivity contribution in [2.45, 2.75) is 13.0 Å². The highest BCUT2D eigenvalue weighted by Crippen LogP contribution is 2.00. The molecule has 4 nitrogen and oxygen atoms in total. The Hall–Kier alpha value is -0.900. The van der Waals surface area contributed by atoms with E-state index in [0.29, 0.717) is 0 Å². The molecule has 0 saturated heterocycles. The molecule has 0 aliphatic heterocycles. The molecular weight excluding hydrogens is 116 g/mol. The fourth-order valence-electron chi connectivity index (χ4n) is 0.717. The van der Waals surface area contributed by atoms with E-state index >= 15 is 0 Å². The van der Waals surface area contributed by atoms with Crippen LogP contribution in [0.4, 0.5) is 0 Å². The van der Waals surface area contributed by atoms with Crippen molar-refractivity contribution in [1.82, 2.24) is 14.8 Å². The van der Waals surface area contributed by atoms with Crippen molar-refractivity contribution in [2.75, 3.05) is 0 Å². The Morgan fingerprint density at radius 1 is 1.78 bits per heavy atom. The van der Waals surface area contributed by atoms with E-state index < -0.39 is 0 Å². The van der Waals surface area contributed by atoms with Gasteiger partial charge in [0.2, 0.25) is 0 Å². The van der Waals surface area contributed by atoms with Crippen LogP contribution in [0.15, 0.2) is 6.33 Å². The maximum absolute atomic E-state index is 5.54. The van der Waals surface area contributed by atoms with Crippen molar-refractivity contribution in [1.29, 1.82) is 0 Å². The van der Waals surface area contributed by atoms with E-state index in [4.69, 9.17) is 5.73 Å². The summed E-state index contributed by atoms with van der Waals surface area (Å²) < 4.78 is 1.67. The largest absolute Gasteiger partial charge is 0.322 e. The predicted octanol–water partition coefficient (Wildman–Crippen LogP) is -0.165. The van der Waals surface area contributed by atoms with Crippen LogP contribution in [0.5, 0.6) is 0 Å². The van der Waals surface area contributed by atoms with Crippen LogP contribution in [0.25, 0.3) is 0 Å². The molecule has 1 aromatic rings. The van der Waals surface area contributed by atoms with Crippen molar-refractivity contribution < 1.29 is 0 Å². The van der Waals surface area contributed by atoms with E-state index in [0.717, 1.165) is 5.82 Å². The van der Waals surface area contributed by atoms with E-state index in [2.05, 4.69) is 10.1 Å². The second-order valence-corrected chi connectivity index (χ2v) is 2.03. The monoisotopic (exact) mass is 126 g/mol. The molecule has 0 aliphatic carbocycles. The van der Waals surface area contributed by atoms with Gasteiger partial charge in [-0.05, 0) is 6.92 Å². The molecule has 9 heavy (non-hydrogen) atoms. The van der Waals surface area contributed by atoms with Crippen molar-refractivity contribution in [3.05, 3.63) is 12.2 Å². The van der Waals surface area contributed by atoms with Gasteiger partial charge in [-0.3, -0.25) is 4.68 Å². The highest BCUT2D eigenvalue weighted by molar-refractivity contribution is 4.88. The van der Waals surface area contributed by atoms with Gasteiger partial charge in [-0.1, -0.05) is 0 Å². The van der Waals surface area contributed by atoms with Crippen molar-refractivity contribution >= 4 is 0 Å². The highest BCUT2D eigenvalue weighted by atomic mass is 15.3. The van der Waals surface area contributed by atoms with E-state index in [9.17, 15) is 0 Å². The molecule has 4 heteroatoms. The van der Waals surface area contributed by atoms with Crippen LogP contribution < -0.4 is 5.73 Å². The van der Waals surface area contributed by atoms with Crippen LogP contribution in [-0.4, -0.2) is 14.8 Å². The maximum Gasteiger partial charge on any atom is 0.143 e. The van der Waals surface area contributed by atoms with Gasteiger partial charge in [0.25, 0.3) is 0 Å². The van der Waals surface area contributed by atoms with E-state index in [1.807, 2.05) is 14.0 Å². The van der Waals surface area contributed by atoms with Crippen LogP contribution in [-0.2, 0) is 7.05 Å². The molecule has 0 aliphatic rings. The van der Waals surface area contributed by atoms with Gasteiger partial charge in [0.15, 0.2) is 0 Å². The zero-order chi connectivity index (χ0) is 6.85. The summed E-state index contributed by atoms with van der Waals surface area (Å²) in [6.07, 6.45) is 1.50. The van der Waals surface area contributed by atoms with Crippen LogP contribution in [0.3, 0.4) is 0 Å². The first-order valence-electron chi connectivity index (χ1n) is 2.81. The zero-order valence-electron chi connectivity index (χ0n) is 5.57. The summed E-state index contributed by atoms with van der Waals surface area (Å²) in [4.78, 5) is 3.94. The first kappa shape index (κ1) is 6.22. The summed E-state index contributed by atoms with van der Waals surface area (Å²) >= 11 is 0. The lowest BCUT2D eigenvalue weighted by Gasteiger charge is -2.01. The molecule has 1 aromatic heterocycles. The summed E-state index contributed by atoms with van der Waals surface area (Å²) in [6.45, 7) is 1.88. The van der Waals surface area contributed by atoms with E-state index in [1.54, 1.807) is 4.68 Å². The van der Waals surface area contributed by atoms with Gasteiger partial charge in [-0.2, -0.15) is 5.10 Å². The number of hydrogen-bond acceptors (Lipinski definition) is 3. The summed E-state index contributed by atoms with van der Waals surface area (Å²) in [5, 5.41) is 3.86. The Morgan fingerprint density at radius 3 is 2.67 bits per heavy atom. The number of nitrogens with two attached hydrogens (primary N) is 1. The fourth-order valence-corrected chi connectivity index (χ4v) is 0.717. The van der Waals surface area contributed by atoms with Crippen LogP contribution in [0.1, 0.15) is 18.8 Å². The topological polar surface area (TPSA) is 56.7 Å². The third-order valence-electron chi connectivity index (χ3n) is 1.15. The highest BCUT2D eigenvalue weighted by Gasteiger charge is 2.03. The quantitative estimate of drug-likeness (QED) is 0.568. The number of nitrogens with zero attached hydrogens (tertiary/aromatic N) is 3. The van der Waals surface area contributed by atoms with Crippen molar-refractivity contribution in [3.63, 3.8) is 0 Å². The minimum Gasteiger partial charge on any atom is -0.322 e. The molecule has 0 radical (unpaired) electrons. The molecule has 1 atom stereocenters. The third kappa shape index (κ3) is 1.08. The molecule has 0 bridgehead atoms. The number of hydrogen-bond donors (Lipinski definition) is 1. The molecule has 2 N–H and O–H groups in total. The second-order valence-electron chi connectivity index (χ2n) is 2.03. The average molecular weight is 126 g/mol. The van der Waals surface area contributed by atoms with E-state index in [1.165, 1.54) is 6.33 Å². The molecular formula is C5H10N4. The Kier molecular flexibility index (Phi) is 1.48. The van der Waals surface area contributed by atoms with Gasteiger partial charge in [0.05, 0.1) is 6.04 Å². The lowest BCUT2D eigenvalue weighted by Crippen LogP contribution is -2.11. The van der Waals surface area contributed by atoms with Gasteiger partial charge >= 0.3 is 0 Å². The van der Waals surface area contributed by atoms with Crippen LogP contribution >= 0.6 is 0 Å². The van der Waals surface area contributed by atoms with Gasteiger partial charge in [0.1, 0.15) is 12.2 Å². The minimum atomic E-state index is -0.0301. The number of aryl methyl sites for hydroxylation is 1. The van der Waals surface area contributed by atoms with E-state index in [-0.39, 0.29) is 6.04 Å². The first-order valence-corrected chi connectivity index (χ1v) is 2.81. The SMILES string of the molecule is C[C@H](N)c1ncnn1C. The zero-order valence-corrected chi connectivity index (χ0v) is 5.57. The summed E-state index contributed by atoms with van der Waals surface area (Å²) in [7, 11) is 1.83. The van der Waals surface area contributed by atoms with Gasteiger partial charge in [-0.25, -0.2) is 4.98 Å². The standard InChI is InChI=1S/C5H10N4/c1-4(6)5-7-3-8-9(5)2/h3-4H,6H2,1-2H3/t4-/m0/s1. The Bertz CT molecular complexity index is 191. The third-order valence-corrected chi connectivity index (χ3v) is 1.15. The normalized spacial score (nSPS) is 13.7. The average Bonchev–Trinajstić information content (AvgIpc) is 2.13. The summed E-state index contributed by atoms with van der Waals surface area (Å²) in [6, 6.07) is -0.0301. The minimum absolute atomic E-state index is 0.0301. The summed E-state index contributed by atoms with van der Waals surface area (Å²) in [5.41, 5.74) is 5.54. The predicted molar refractivity (Wildman–Crippen MR) is 33.6 cm³/mol. The Labute approximate surface area is 53.7 Å². The molecule has 50 valence electrons.